The van der Waals surface area contributed by atoms with E-state index in [0.29, 0.717) is 13.2 Å². The molecule has 0 radical (unpaired) electrons. The molecule has 0 aromatic heterocycles. The molecule has 1 aromatic rings. The molecule has 2 aliphatic rings. The van der Waals surface area contributed by atoms with Crippen molar-refractivity contribution in [1.29, 1.82) is 0 Å². The highest BCUT2D eigenvalue weighted by Gasteiger charge is 2.30. The second-order valence-electron chi connectivity index (χ2n) is 5.15. The Kier molecular flexibility index (Phi) is 4.01. The van der Waals surface area contributed by atoms with Gasteiger partial charge < -0.3 is 19.3 Å². The van der Waals surface area contributed by atoms with Crippen molar-refractivity contribution in [3.05, 3.63) is 29.8 Å². The van der Waals surface area contributed by atoms with Crippen molar-refractivity contribution in [2.45, 2.75) is 37.6 Å². The quantitative estimate of drug-likeness (QED) is 0.908. The third-order valence-corrected chi connectivity index (χ3v) is 3.76. The molecule has 4 heteroatoms. The van der Waals surface area contributed by atoms with Gasteiger partial charge in [0.2, 0.25) is 0 Å². The average molecular weight is 264 g/mol. The van der Waals surface area contributed by atoms with Gasteiger partial charge in [0.25, 0.3) is 0 Å². The highest BCUT2D eigenvalue weighted by Crippen LogP contribution is 2.33. The second kappa shape index (κ2) is 5.90. The molecule has 0 spiro atoms. The van der Waals surface area contributed by atoms with Crippen molar-refractivity contribution in [3.8, 4) is 5.75 Å². The lowest BCUT2D eigenvalue weighted by atomic mass is 10.0. The Morgan fingerprint density at radius 3 is 3.00 bits per heavy atom. The maximum absolute atomic E-state index is 10.3. The molecule has 4 nitrogen and oxygen atoms in total. The highest BCUT2D eigenvalue weighted by molar-refractivity contribution is 5.37. The minimum atomic E-state index is -0.617. The van der Waals surface area contributed by atoms with Crippen LogP contribution in [0.4, 0.5) is 0 Å². The van der Waals surface area contributed by atoms with Gasteiger partial charge >= 0.3 is 0 Å². The summed E-state index contributed by atoms with van der Waals surface area (Å²) in [7, 11) is 0. The average Bonchev–Trinajstić information content (AvgIpc) is 2.48. The van der Waals surface area contributed by atoms with E-state index in [0.717, 1.165) is 30.8 Å². The molecule has 1 N–H and O–H groups in total. The van der Waals surface area contributed by atoms with E-state index < -0.39 is 6.10 Å². The van der Waals surface area contributed by atoms with Crippen LogP contribution in [-0.2, 0) is 9.47 Å². The molecule has 1 saturated heterocycles. The molecular formula is C15H20O4. The molecule has 3 atom stereocenters. The lowest BCUT2D eigenvalue weighted by Crippen LogP contribution is -2.36. The molecule has 0 aliphatic carbocycles. The molecule has 1 fully saturated rings. The first-order chi connectivity index (χ1) is 9.34. The van der Waals surface area contributed by atoms with Crippen molar-refractivity contribution in [3.63, 3.8) is 0 Å². The van der Waals surface area contributed by atoms with Gasteiger partial charge in [0.15, 0.2) is 0 Å². The number of aliphatic hydroxyl groups excluding tert-OH is 1. The van der Waals surface area contributed by atoms with Gasteiger partial charge in [-0.2, -0.15) is 0 Å². The van der Waals surface area contributed by atoms with Gasteiger partial charge in [-0.25, -0.2) is 0 Å². The van der Waals surface area contributed by atoms with Crippen molar-refractivity contribution in [1.82, 2.24) is 0 Å². The van der Waals surface area contributed by atoms with Crippen LogP contribution in [-0.4, -0.2) is 37.1 Å². The summed E-state index contributed by atoms with van der Waals surface area (Å²) >= 11 is 0. The van der Waals surface area contributed by atoms with E-state index >= 15 is 0 Å². The third-order valence-electron chi connectivity index (χ3n) is 3.76. The fourth-order valence-corrected chi connectivity index (χ4v) is 2.63. The van der Waals surface area contributed by atoms with E-state index in [1.54, 1.807) is 0 Å². The van der Waals surface area contributed by atoms with Crippen LogP contribution >= 0.6 is 0 Å². The lowest BCUT2D eigenvalue weighted by Gasteiger charge is -2.32. The number of para-hydroxylation sites is 1. The molecule has 104 valence electrons. The maximum atomic E-state index is 10.3. The molecule has 0 saturated carbocycles. The van der Waals surface area contributed by atoms with Crippen molar-refractivity contribution in [2.24, 2.45) is 0 Å². The van der Waals surface area contributed by atoms with E-state index in [9.17, 15) is 5.11 Å². The van der Waals surface area contributed by atoms with Crippen LogP contribution in [0.15, 0.2) is 24.3 Å². The van der Waals surface area contributed by atoms with Gasteiger partial charge in [0.1, 0.15) is 24.6 Å². The maximum Gasteiger partial charge on any atom is 0.125 e. The molecule has 19 heavy (non-hydrogen) atoms. The summed E-state index contributed by atoms with van der Waals surface area (Å²) in [6.07, 6.45) is 2.62. The Hall–Kier alpha value is -1.10. The van der Waals surface area contributed by atoms with Crippen LogP contribution in [0.25, 0.3) is 0 Å². The molecule has 2 aliphatic heterocycles. The number of rotatable bonds is 3. The summed E-state index contributed by atoms with van der Waals surface area (Å²) in [4.78, 5) is 0. The second-order valence-corrected chi connectivity index (χ2v) is 5.15. The normalized spacial score (nSPS) is 30.5. The molecule has 3 unspecified atom stereocenters. The van der Waals surface area contributed by atoms with Crippen LogP contribution in [0.1, 0.15) is 30.9 Å². The first-order valence-corrected chi connectivity index (χ1v) is 6.97. The fraction of sp³-hybridized carbons (Fsp3) is 0.600. The smallest absolute Gasteiger partial charge is 0.125 e. The Bertz CT molecular complexity index is 414. The number of fused-ring (bicyclic) bond motifs is 1. The first kappa shape index (κ1) is 12.9. The Labute approximate surface area is 113 Å². The zero-order valence-corrected chi connectivity index (χ0v) is 11.0. The van der Waals surface area contributed by atoms with Crippen LogP contribution < -0.4 is 4.74 Å². The van der Waals surface area contributed by atoms with Crippen LogP contribution in [0.5, 0.6) is 5.75 Å². The zero-order valence-electron chi connectivity index (χ0n) is 11.0. The van der Waals surface area contributed by atoms with E-state index in [1.807, 2.05) is 24.3 Å². The SMILES string of the molecule is OC1c2ccccc2OCC1OCC1CCCCO1. The van der Waals surface area contributed by atoms with Crippen molar-refractivity contribution < 1.29 is 19.3 Å². The number of aliphatic hydroxyl groups is 1. The lowest BCUT2D eigenvalue weighted by molar-refractivity contribution is -0.113. The highest BCUT2D eigenvalue weighted by atomic mass is 16.6. The van der Waals surface area contributed by atoms with Gasteiger partial charge in [0, 0.05) is 12.2 Å². The predicted octanol–water partition coefficient (Wildman–Crippen LogP) is 2.07. The molecular weight excluding hydrogens is 244 g/mol. The Morgan fingerprint density at radius 1 is 1.26 bits per heavy atom. The summed E-state index contributed by atoms with van der Waals surface area (Å²) < 4.78 is 17.0. The molecule has 0 amide bonds. The van der Waals surface area contributed by atoms with Gasteiger partial charge in [-0.15, -0.1) is 0 Å². The van der Waals surface area contributed by atoms with E-state index in [2.05, 4.69) is 0 Å². The van der Waals surface area contributed by atoms with Gasteiger partial charge in [0.05, 0.1) is 12.7 Å². The molecule has 0 bridgehead atoms. The topological polar surface area (TPSA) is 47.9 Å². The number of ether oxygens (including phenoxy) is 3. The Morgan fingerprint density at radius 2 is 2.16 bits per heavy atom. The predicted molar refractivity (Wildman–Crippen MR) is 70.2 cm³/mol. The summed E-state index contributed by atoms with van der Waals surface area (Å²) in [6.45, 7) is 1.75. The van der Waals surface area contributed by atoms with Gasteiger partial charge in [-0.1, -0.05) is 18.2 Å². The van der Waals surface area contributed by atoms with E-state index in [4.69, 9.17) is 14.2 Å². The molecule has 3 rings (SSSR count). The summed E-state index contributed by atoms with van der Waals surface area (Å²) in [5, 5.41) is 10.3. The van der Waals surface area contributed by atoms with E-state index in [1.165, 1.54) is 6.42 Å². The summed E-state index contributed by atoms with van der Waals surface area (Å²) in [6, 6.07) is 7.56. The van der Waals surface area contributed by atoms with Crippen LogP contribution in [0.2, 0.25) is 0 Å². The minimum Gasteiger partial charge on any atom is -0.490 e. The number of hydrogen-bond donors (Lipinski definition) is 1. The zero-order chi connectivity index (χ0) is 13.1. The van der Waals surface area contributed by atoms with Gasteiger partial charge in [-0.3, -0.25) is 0 Å². The summed E-state index contributed by atoms with van der Waals surface area (Å²) in [5.41, 5.74) is 0.809. The molecule has 2 heterocycles. The molecule has 1 aromatic carbocycles. The fourth-order valence-electron chi connectivity index (χ4n) is 2.63. The monoisotopic (exact) mass is 264 g/mol. The first-order valence-electron chi connectivity index (χ1n) is 6.97. The van der Waals surface area contributed by atoms with Crippen LogP contribution in [0, 0.1) is 0 Å². The number of hydrogen-bond acceptors (Lipinski definition) is 4. The standard InChI is InChI=1S/C15H20O4/c16-15-12-6-1-2-7-13(12)19-10-14(15)18-9-11-5-3-4-8-17-11/h1-2,6-7,11,14-16H,3-5,8-10H2. The Balaban J connectivity index is 1.57. The van der Waals surface area contributed by atoms with Crippen LogP contribution in [0.3, 0.4) is 0 Å². The number of benzene rings is 1. The van der Waals surface area contributed by atoms with Crippen molar-refractivity contribution >= 4 is 0 Å². The van der Waals surface area contributed by atoms with Gasteiger partial charge in [-0.05, 0) is 25.3 Å². The minimum absolute atomic E-state index is 0.165. The summed E-state index contributed by atoms with van der Waals surface area (Å²) in [5.74, 6) is 0.753. The largest absolute Gasteiger partial charge is 0.490 e. The van der Waals surface area contributed by atoms with E-state index in [-0.39, 0.29) is 12.2 Å². The third kappa shape index (κ3) is 2.91. The van der Waals surface area contributed by atoms with Crippen molar-refractivity contribution in [2.75, 3.05) is 19.8 Å².